The first-order valence-corrected chi connectivity index (χ1v) is 12.6. The van der Waals surface area contributed by atoms with Gasteiger partial charge in [-0.2, -0.15) is 0 Å². The zero-order valence-corrected chi connectivity index (χ0v) is 24.0. The molecular weight excluding hydrogens is 540 g/mol. The Bertz CT molecular complexity index is 1440. The predicted octanol–water partition coefficient (Wildman–Crippen LogP) is 4.94. The van der Waals surface area contributed by atoms with Crippen LogP contribution < -0.4 is 33.7 Å². The normalized spacial score (nSPS) is 16.1. The van der Waals surface area contributed by atoms with E-state index >= 15 is 0 Å². The first kappa shape index (κ1) is 28.7. The minimum Gasteiger partial charge on any atom is -0.495 e. The van der Waals surface area contributed by atoms with E-state index in [0.717, 1.165) is 0 Å². The van der Waals surface area contributed by atoms with Gasteiger partial charge in [0.2, 0.25) is 5.91 Å². The van der Waals surface area contributed by atoms with E-state index < -0.39 is 17.9 Å². The van der Waals surface area contributed by atoms with Gasteiger partial charge in [0.25, 0.3) is 5.91 Å². The van der Waals surface area contributed by atoms with E-state index in [1.54, 1.807) is 49.5 Å². The zero-order valence-electron chi connectivity index (χ0n) is 23.3. The molecular formula is C29H31ClN2O8. The summed E-state index contributed by atoms with van der Waals surface area (Å²) >= 11 is 6.37. The fourth-order valence-electron chi connectivity index (χ4n) is 4.95. The molecule has 3 aromatic carbocycles. The lowest BCUT2D eigenvalue weighted by molar-refractivity contribution is -0.119. The number of carbonyl (C=O) groups excluding carboxylic acids is 2. The van der Waals surface area contributed by atoms with Crippen LogP contribution in [0, 0.1) is 0 Å². The highest BCUT2D eigenvalue weighted by atomic mass is 35.5. The summed E-state index contributed by atoms with van der Waals surface area (Å²) in [4.78, 5) is 29.4. The number of ether oxygens (including phenoxy) is 6. The molecule has 4 rings (SSSR count). The Labute approximate surface area is 237 Å². The van der Waals surface area contributed by atoms with Gasteiger partial charge in [0.1, 0.15) is 11.5 Å². The molecule has 0 aliphatic carbocycles. The first-order valence-electron chi connectivity index (χ1n) is 12.2. The van der Waals surface area contributed by atoms with Crippen molar-refractivity contribution in [2.24, 2.45) is 0 Å². The molecule has 0 aromatic heterocycles. The van der Waals surface area contributed by atoms with E-state index in [0.29, 0.717) is 56.9 Å². The third-order valence-corrected chi connectivity index (χ3v) is 7.23. The fraction of sp³-hybridized carbons (Fsp3) is 0.310. The molecule has 0 bridgehead atoms. The van der Waals surface area contributed by atoms with Crippen molar-refractivity contribution in [1.82, 2.24) is 4.90 Å². The highest BCUT2D eigenvalue weighted by Crippen LogP contribution is 2.47. The monoisotopic (exact) mass is 570 g/mol. The Morgan fingerprint density at radius 1 is 0.750 bits per heavy atom. The number of halogens is 1. The summed E-state index contributed by atoms with van der Waals surface area (Å²) in [5, 5.41) is 3.24. The third-order valence-electron chi connectivity index (χ3n) is 6.94. The van der Waals surface area contributed by atoms with Crippen LogP contribution in [0.4, 0.5) is 5.69 Å². The summed E-state index contributed by atoms with van der Waals surface area (Å²) in [6.45, 7) is 0. The number of methoxy groups -OCH3 is 6. The van der Waals surface area contributed by atoms with E-state index in [1.807, 2.05) is 0 Å². The second-order valence-corrected chi connectivity index (χ2v) is 9.33. The highest BCUT2D eigenvalue weighted by Gasteiger charge is 2.44. The molecule has 10 nitrogen and oxygen atoms in total. The van der Waals surface area contributed by atoms with Crippen LogP contribution in [0.25, 0.3) is 0 Å². The van der Waals surface area contributed by atoms with Crippen LogP contribution in [-0.4, -0.2) is 66.4 Å². The average molecular weight is 571 g/mol. The number of hydrogen-bond donors (Lipinski definition) is 1. The Morgan fingerprint density at radius 2 is 1.32 bits per heavy atom. The standard InChI is InChI=1S/C29H31ClN2O8/c1-32-27(15-8-9-20(35-2)23(10-15)38-5)26(16-11-24(39-6)25(40-7)12-17(16)29(32)34)28(33)31-19-13-18(30)21(36-3)14-22(19)37-4/h8-14,26-27H,1-7H3,(H,31,33)/t26-,27-/m1/s1. The number of rotatable bonds is 9. The van der Waals surface area contributed by atoms with Crippen molar-refractivity contribution in [3.05, 3.63) is 64.2 Å². The summed E-state index contributed by atoms with van der Waals surface area (Å²) in [6.07, 6.45) is 0. The van der Waals surface area contributed by atoms with Crippen molar-refractivity contribution in [2.75, 3.05) is 55.0 Å². The van der Waals surface area contributed by atoms with Crippen molar-refractivity contribution in [3.63, 3.8) is 0 Å². The summed E-state index contributed by atoms with van der Waals surface area (Å²) < 4.78 is 32.6. The summed E-state index contributed by atoms with van der Waals surface area (Å²) in [6, 6.07) is 10.9. The number of likely N-dealkylation sites (N-methyl/N-ethyl adjacent to an activating group) is 1. The van der Waals surface area contributed by atoms with Crippen LogP contribution in [0.1, 0.15) is 33.4 Å². The lowest BCUT2D eigenvalue weighted by Gasteiger charge is -2.40. The van der Waals surface area contributed by atoms with E-state index in [2.05, 4.69) is 5.32 Å². The molecule has 1 aliphatic heterocycles. The van der Waals surface area contributed by atoms with Gasteiger partial charge in [0.15, 0.2) is 23.0 Å². The minimum absolute atomic E-state index is 0.287. The van der Waals surface area contributed by atoms with Gasteiger partial charge >= 0.3 is 0 Å². The number of benzene rings is 3. The molecule has 212 valence electrons. The number of anilines is 1. The number of hydrogen-bond acceptors (Lipinski definition) is 8. The number of nitrogens with zero attached hydrogens (tertiary/aromatic N) is 1. The molecule has 0 fully saturated rings. The SMILES string of the molecule is COc1cc(OC)c(NC(=O)[C@@H]2c3cc(OC)c(OC)cc3C(=O)N(C)[C@@H]2c2ccc(OC)c(OC)c2)cc1Cl. The van der Waals surface area contributed by atoms with Crippen LogP contribution in [0.15, 0.2) is 42.5 Å². The summed E-state index contributed by atoms with van der Waals surface area (Å²) in [5.41, 5.74) is 1.79. The zero-order chi connectivity index (χ0) is 29.1. The Hall–Kier alpha value is -4.31. The molecule has 40 heavy (non-hydrogen) atoms. The number of nitrogens with one attached hydrogen (secondary N) is 1. The summed E-state index contributed by atoms with van der Waals surface area (Å²) in [7, 11) is 10.6. The molecule has 11 heteroatoms. The molecule has 1 aliphatic rings. The van der Waals surface area contributed by atoms with E-state index in [-0.39, 0.29) is 10.9 Å². The van der Waals surface area contributed by atoms with Crippen molar-refractivity contribution >= 4 is 29.1 Å². The molecule has 2 atom stereocenters. The van der Waals surface area contributed by atoms with Crippen LogP contribution in [0.5, 0.6) is 34.5 Å². The Kier molecular flexibility index (Phi) is 8.49. The molecule has 1 heterocycles. The van der Waals surface area contributed by atoms with Gasteiger partial charge < -0.3 is 38.6 Å². The van der Waals surface area contributed by atoms with Crippen molar-refractivity contribution < 1.29 is 38.0 Å². The maximum absolute atomic E-state index is 14.2. The number of carbonyl (C=O) groups is 2. The van der Waals surface area contributed by atoms with Gasteiger partial charge in [-0.25, -0.2) is 0 Å². The first-order chi connectivity index (χ1) is 19.2. The molecule has 0 spiro atoms. The van der Waals surface area contributed by atoms with Gasteiger partial charge in [0.05, 0.1) is 65.3 Å². The lowest BCUT2D eigenvalue weighted by Crippen LogP contribution is -2.44. The topological polar surface area (TPSA) is 105 Å². The fourth-order valence-corrected chi connectivity index (χ4v) is 5.19. The van der Waals surface area contributed by atoms with Crippen LogP contribution in [0.2, 0.25) is 5.02 Å². The largest absolute Gasteiger partial charge is 0.495 e. The molecule has 0 unspecified atom stereocenters. The Balaban J connectivity index is 1.91. The Morgan fingerprint density at radius 3 is 1.93 bits per heavy atom. The third kappa shape index (κ3) is 5.02. The maximum atomic E-state index is 14.2. The predicted molar refractivity (Wildman–Crippen MR) is 150 cm³/mol. The average Bonchev–Trinajstić information content (AvgIpc) is 2.97. The molecule has 1 N–H and O–H groups in total. The lowest BCUT2D eigenvalue weighted by atomic mass is 9.79. The minimum atomic E-state index is -0.888. The van der Waals surface area contributed by atoms with Crippen molar-refractivity contribution in [3.8, 4) is 34.5 Å². The van der Waals surface area contributed by atoms with E-state index in [1.165, 1.54) is 47.6 Å². The van der Waals surface area contributed by atoms with Gasteiger partial charge in [-0.05, 0) is 41.5 Å². The second-order valence-electron chi connectivity index (χ2n) is 8.92. The summed E-state index contributed by atoms with van der Waals surface area (Å²) in [5.74, 6) is 0.888. The number of amides is 2. The van der Waals surface area contributed by atoms with Gasteiger partial charge in [-0.3, -0.25) is 9.59 Å². The van der Waals surface area contributed by atoms with Crippen LogP contribution in [0.3, 0.4) is 0 Å². The second kappa shape index (κ2) is 11.8. The number of fused-ring (bicyclic) bond motifs is 1. The quantitative estimate of drug-likeness (QED) is 0.386. The van der Waals surface area contributed by atoms with Gasteiger partial charge in [-0.15, -0.1) is 0 Å². The van der Waals surface area contributed by atoms with Crippen molar-refractivity contribution in [1.29, 1.82) is 0 Å². The van der Waals surface area contributed by atoms with Gasteiger partial charge in [-0.1, -0.05) is 17.7 Å². The molecule has 0 radical (unpaired) electrons. The van der Waals surface area contributed by atoms with Gasteiger partial charge in [0, 0.05) is 18.7 Å². The molecule has 3 aromatic rings. The molecule has 0 saturated carbocycles. The highest BCUT2D eigenvalue weighted by molar-refractivity contribution is 6.32. The van der Waals surface area contributed by atoms with Crippen LogP contribution >= 0.6 is 11.6 Å². The molecule has 0 saturated heterocycles. The van der Waals surface area contributed by atoms with E-state index in [9.17, 15) is 9.59 Å². The smallest absolute Gasteiger partial charge is 0.254 e. The van der Waals surface area contributed by atoms with Crippen LogP contribution in [-0.2, 0) is 4.79 Å². The molecule has 2 amide bonds. The maximum Gasteiger partial charge on any atom is 0.254 e. The van der Waals surface area contributed by atoms with Crippen molar-refractivity contribution in [2.45, 2.75) is 12.0 Å². The van der Waals surface area contributed by atoms with E-state index in [4.69, 9.17) is 40.0 Å².